The van der Waals surface area contributed by atoms with E-state index in [9.17, 15) is 9.18 Å². The minimum atomic E-state index is -0.368. The lowest BCUT2D eigenvalue weighted by Crippen LogP contribution is -2.40. The fraction of sp³-hybridized carbons (Fsp3) is 0.296. The molecule has 1 fully saturated rings. The summed E-state index contributed by atoms with van der Waals surface area (Å²) in [4.78, 5) is 15.4. The summed E-state index contributed by atoms with van der Waals surface area (Å²) in [6.45, 7) is 2.23. The average molecular weight is 449 g/mol. The maximum absolute atomic E-state index is 13.7. The molecule has 6 heteroatoms. The second-order valence-corrected chi connectivity index (χ2v) is 8.31. The number of hydrogen-bond donors (Lipinski definition) is 1. The Bertz CT molecular complexity index is 1100. The number of rotatable bonds is 7. The van der Waals surface area contributed by atoms with E-state index in [2.05, 4.69) is 10.2 Å². The molecule has 1 saturated heterocycles. The number of anilines is 1. The van der Waals surface area contributed by atoms with Crippen molar-refractivity contribution in [1.82, 2.24) is 4.90 Å². The van der Waals surface area contributed by atoms with Crippen molar-refractivity contribution in [1.29, 1.82) is 0 Å². The Labute approximate surface area is 194 Å². The highest BCUT2D eigenvalue weighted by molar-refractivity contribution is 5.97. The van der Waals surface area contributed by atoms with Gasteiger partial charge in [0.15, 0.2) is 11.6 Å². The molecule has 0 radical (unpaired) electrons. The first-order valence-electron chi connectivity index (χ1n) is 11.2. The first-order chi connectivity index (χ1) is 16.1. The topological polar surface area (TPSA) is 50.8 Å². The molecule has 3 aromatic rings. The molecule has 3 aromatic carbocycles. The van der Waals surface area contributed by atoms with E-state index in [-0.39, 0.29) is 23.4 Å². The fourth-order valence-corrected chi connectivity index (χ4v) is 4.32. The molecule has 33 heavy (non-hydrogen) atoms. The normalized spacial score (nSPS) is 16.3. The molecule has 0 spiro atoms. The third kappa shape index (κ3) is 5.52. The number of carbonyl (C=O) groups excluding carboxylic acids is 1. The van der Waals surface area contributed by atoms with Gasteiger partial charge in [-0.15, -0.1) is 0 Å². The van der Waals surface area contributed by atoms with Crippen molar-refractivity contribution in [2.75, 3.05) is 32.6 Å². The summed E-state index contributed by atoms with van der Waals surface area (Å²) in [5.41, 5.74) is 3.76. The molecule has 0 saturated carbocycles. The standard InChI is InChI=1S/C27H29FN2O3/c1-32-22-12-10-20(11-13-22)23-7-3-4-8-25(23)29-27(31)21-6-5-15-30(18-21)17-19-9-14-24(28)26(16-19)33-2/h3-4,7-14,16,21H,5-6,15,17-18H2,1-2H3,(H,29,31)/t21-/m0/s1. The first kappa shape index (κ1) is 22.8. The van der Waals surface area contributed by atoms with Crippen LogP contribution in [-0.2, 0) is 11.3 Å². The zero-order valence-corrected chi connectivity index (χ0v) is 19.0. The molecule has 172 valence electrons. The van der Waals surface area contributed by atoms with Gasteiger partial charge in [0.1, 0.15) is 5.75 Å². The average Bonchev–Trinajstić information content (AvgIpc) is 2.86. The Balaban J connectivity index is 1.43. The number of benzene rings is 3. The first-order valence-corrected chi connectivity index (χ1v) is 11.2. The molecule has 1 aliphatic heterocycles. The van der Waals surface area contributed by atoms with E-state index in [0.29, 0.717) is 13.1 Å². The Hall–Kier alpha value is -3.38. The SMILES string of the molecule is COc1ccc(-c2ccccc2NC(=O)[C@H]2CCCN(Cc3ccc(F)c(OC)c3)C2)cc1. The molecule has 0 aromatic heterocycles. The van der Waals surface area contributed by atoms with Gasteiger partial charge < -0.3 is 14.8 Å². The number of methoxy groups -OCH3 is 2. The number of para-hydroxylation sites is 1. The molecule has 1 atom stereocenters. The Morgan fingerprint density at radius 3 is 2.61 bits per heavy atom. The van der Waals surface area contributed by atoms with E-state index in [1.807, 2.05) is 48.5 Å². The van der Waals surface area contributed by atoms with Crippen LogP contribution in [0.15, 0.2) is 66.7 Å². The van der Waals surface area contributed by atoms with Gasteiger partial charge in [0.05, 0.1) is 20.1 Å². The quantitative estimate of drug-likeness (QED) is 0.529. The molecular formula is C27H29FN2O3. The Morgan fingerprint density at radius 1 is 1.06 bits per heavy atom. The summed E-state index contributed by atoms with van der Waals surface area (Å²) < 4.78 is 24.1. The number of likely N-dealkylation sites (tertiary alicyclic amines) is 1. The second-order valence-electron chi connectivity index (χ2n) is 8.31. The highest BCUT2D eigenvalue weighted by atomic mass is 19.1. The Morgan fingerprint density at radius 2 is 1.85 bits per heavy atom. The third-order valence-electron chi connectivity index (χ3n) is 6.08. The van der Waals surface area contributed by atoms with Crippen LogP contribution >= 0.6 is 0 Å². The van der Waals surface area contributed by atoms with Crippen LogP contribution in [0.1, 0.15) is 18.4 Å². The smallest absolute Gasteiger partial charge is 0.228 e. The molecule has 0 bridgehead atoms. The minimum absolute atomic E-state index is 0.0253. The van der Waals surface area contributed by atoms with Gasteiger partial charge in [-0.25, -0.2) is 4.39 Å². The highest BCUT2D eigenvalue weighted by Crippen LogP contribution is 2.30. The van der Waals surface area contributed by atoms with Crippen LogP contribution in [0.4, 0.5) is 10.1 Å². The number of nitrogens with one attached hydrogen (secondary N) is 1. The summed E-state index contributed by atoms with van der Waals surface area (Å²) in [5.74, 6) is 0.588. The second kappa shape index (κ2) is 10.5. The van der Waals surface area contributed by atoms with Gasteiger partial charge in [0.2, 0.25) is 5.91 Å². The largest absolute Gasteiger partial charge is 0.497 e. The van der Waals surface area contributed by atoms with Crippen molar-refractivity contribution in [3.63, 3.8) is 0 Å². The van der Waals surface area contributed by atoms with Gasteiger partial charge in [-0.05, 0) is 60.8 Å². The van der Waals surface area contributed by atoms with Crippen molar-refractivity contribution in [2.45, 2.75) is 19.4 Å². The molecule has 1 amide bonds. The van der Waals surface area contributed by atoms with E-state index >= 15 is 0 Å². The lowest BCUT2D eigenvalue weighted by Gasteiger charge is -2.32. The maximum atomic E-state index is 13.7. The van der Waals surface area contributed by atoms with Crippen molar-refractivity contribution in [2.24, 2.45) is 5.92 Å². The summed E-state index contributed by atoms with van der Waals surface area (Å²) in [6.07, 6.45) is 1.79. The van der Waals surface area contributed by atoms with Crippen molar-refractivity contribution in [3.05, 3.63) is 78.1 Å². The fourth-order valence-electron chi connectivity index (χ4n) is 4.32. The van der Waals surface area contributed by atoms with Crippen LogP contribution in [-0.4, -0.2) is 38.1 Å². The summed E-state index contributed by atoms with van der Waals surface area (Å²) in [7, 11) is 3.11. The summed E-state index contributed by atoms with van der Waals surface area (Å²) >= 11 is 0. The van der Waals surface area contributed by atoms with Crippen LogP contribution in [0.5, 0.6) is 11.5 Å². The lowest BCUT2D eigenvalue weighted by molar-refractivity contribution is -0.121. The maximum Gasteiger partial charge on any atom is 0.228 e. The highest BCUT2D eigenvalue weighted by Gasteiger charge is 2.26. The number of ether oxygens (including phenoxy) is 2. The van der Waals surface area contributed by atoms with E-state index in [4.69, 9.17) is 9.47 Å². The number of piperidine rings is 1. The van der Waals surface area contributed by atoms with E-state index in [1.165, 1.54) is 13.2 Å². The number of amides is 1. The number of halogens is 1. The van der Waals surface area contributed by atoms with Gasteiger partial charge in [0.25, 0.3) is 0 Å². The van der Waals surface area contributed by atoms with E-state index in [1.54, 1.807) is 19.2 Å². The molecule has 0 aliphatic carbocycles. The van der Waals surface area contributed by atoms with Crippen molar-refractivity contribution < 1.29 is 18.7 Å². The van der Waals surface area contributed by atoms with Gasteiger partial charge in [0, 0.05) is 24.3 Å². The zero-order chi connectivity index (χ0) is 23.2. The zero-order valence-electron chi connectivity index (χ0n) is 19.0. The van der Waals surface area contributed by atoms with Crippen LogP contribution in [0.2, 0.25) is 0 Å². The summed E-state index contributed by atoms with van der Waals surface area (Å²) in [6, 6.07) is 20.6. The lowest BCUT2D eigenvalue weighted by atomic mass is 9.96. The van der Waals surface area contributed by atoms with Crippen LogP contribution < -0.4 is 14.8 Å². The van der Waals surface area contributed by atoms with Gasteiger partial charge >= 0.3 is 0 Å². The molecule has 5 nitrogen and oxygen atoms in total. The molecule has 0 unspecified atom stereocenters. The van der Waals surface area contributed by atoms with Crippen LogP contribution in [0, 0.1) is 11.7 Å². The van der Waals surface area contributed by atoms with Crippen LogP contribution in [0.25, 0.3) is 11.1 Å². The minimum Gasteiger partial charge on any atom is -0.497 e. The molecule has 1 heterocycles. The Kier molecular flexibility index (Phi) is 7.25. The van der Waals surface area contributed by atoms with Crippen molar-refractivity contribution >= 4 is 11.6 Å². The molecule has 1 N–H and O–H groups in total. The van der Waals surface area contributed by atoms with Gasteiger partial charge in [-0.2, -0.15) is 0 Å². The molecule has 4 rings (SSSR count). The van der Waals surface area contributed by atoms with Gasteiger partial charge in [-0.1, -0.05) is 36.4 Å². The number of carbonyl (C=O) groups is 1. The van der Waals surface area contributed by atoms with Crippen molar-refractivity contribution in [3.8, 4) is 22.6 Å². The monoisotopic (exact) mass is 448 g/mol. The molecule has 1 aliphatic rings. The molecular weight excluding hydrogens is 419 g/mol. The number of nitrogens with zero attached hydrogens (tertiary/aromatic N) is 1. The third-order valence-corrected chi connectivity index (χ3v) is 6.08. The van der Waals surface area contributed by atoms with Crippen LogP contribution in [0.3, 0.4) is 0 Å². The van der Waals surface area contributed by atoms with E-state index < -0.39 is 0 Å². The van der Waals surface area contributed by atoms with Gasteiger partial charge in [-0.3, -0.25) is 9.69 Å². The summed E-state index contributed by atoms with van der Waals surface area (Å²) in [5, 5.41) is 3.15. The number of hydrogen-bond acceptors (Lipinski definition) is 4. The van der Waals surface area contributed by atoms with E-state index in [0.717, 1.165) is 47.5 Å². The predicted octanol–water partition coefficient (Wildman–Crippen LogP) is 5.36. The predicted molar refractivity (Wildman–Crippen MR) is 128 cm³/mol.